The van der Waals surface area contributed by atoms with Crippen molar-refractivity contribution in [3.05, 3.63) is 70.5 Å². The van der Waals surface area contributed by atoms with Crippen LogP contribution in [0.1, 0.15) is 33.0 Å². The van der Waals surface area contributed by atoms with E-state index in [-0.39, 0.29) is 6.42 Å². The Kier molecular flexibility index (Phi) is 5.11. The molecule has 5 heteroatoms. The number of esters is 1. The molecule has 0 bridgehead atoms. The van der Waals surface area contributed by atoms with Crippen molar-refractivity contribution in [2.24, 2.45) is 0 Å². The standard InChI is InChI=1S/C18H17FO4/c1-11-3-6-14(10-16(11)19)15(17(20)21)9-12-4-7-13(8-5-12)18(22)23-2/h3-8,10,15H,9H2,1-2H3,(H,20,21). The van der Waals surface area contributed by atoms with Crippen molar-refractivity contribution in [3.63, 3.8) is 0 Å². The van der Waals surface area contributed by atoms with Crippen LogP contribution >= 0.6 is 0 Å². The van der Waals surface area contributed by atoms with Gasteiger partial charge in [0.25, 0.3) is 0 Å². The molecule has 1 atom stereocenters. The lowest BCUT2D eigenvalue weighted by molar-refractivity contribution is -0.138. The fourth-order valence-electron chi connectivity index (χ4n) is 2.30. The first kappa shape index (κ1) is 16.7. The largest absolute Gasteiger partial charge is 0.481 e. The monoisotopic (exact) mass is 316 g/mol. The molecular weight excluding hydrogens is 299 g/mol. The van der Waals surface area contributed by atoms with E-state index < -0.39 is 23.7 Å². The molecule has 0 aliphatic carbocycles. The van der Waals surface area contributed by atoms with Gasteiger partial charge in [0.1, 0.15) is 5.82 Å². The summed E-state index contributed by atoms with van der Waals surface area (Å²) in [4.78, 5) is 22.9. The zero-order valence-electron chi connectivity index (χ0n) is 12.9. The zero-order chi connectivity index (χ0) is 17.0. The van der Waals surface area contributed by atoms with E-state index in [1.165, 1.54) is 13.2 Å². The Morgan fingerprint density at radius 3 is 2.35 bits per heavy atom. The fourth-order valence-corrected chi connectivity index (χ4v) is 2.30. The first-order chi connectivity index (χ1) is 10.9. The number of aryl methyl sites for hydroxylation is 1. The van der Waals surface area contributed by atoms with Crippen LogP contribution in [-0.2, 0) is 16.0 Å². The van der Waals surface area contributed by atoms with Crippen LogP contribution in [0.5, 0.6) is 0 Å². The van der Waals surface area contributed by atoms with Gasteiger partial charge < -0.3 is 9.84 Å². The van der Waals surface area contributed by atoms with Crippen LogP contribution < -0.4 is 0 Å². The van der Waals surface area contributed by atoms with E-state index >= 15 is 0 Å². The maximum absolute atomic E-state index is 13.7. The van der Waals surface area contributed by atoms with Crippen LogP contribution in [0.3, 0.4) is 0 Å². The quantitative estimate of drug-likeness (QED) is 0.859. The Morgan fingerprint density at radius 1 is 1.17 bits per heavy atom. The number of hydrogen-bond donors (Lipinski definition) is 1. The maximum atomic E-state index is 13.7. The molecule has 0 aliphatic heterocycles. The van der Waals surface area contributed by atoms with Crippen LogP contribution in [0.4, 0.5) is 4.39 Å². The summed E-state index contributed by atoms with van der Waals surface area (Å²) < 4.78 is 18.3. The van der Waals surface area contributed by atoms with Crippen molar-refractivity contribution in [3.8, 4) is 0 Å². The molecule has 4 nitrogen and oxygen atoms in total. The summed E-state index contributed by atoms with van der Waals surface area (Å²) in [5, 5.41) is 9.43. The van der Waals surface area contributed by atoms with Crippen molar-refractivity contribution < 1.29 is 23.8 Å². The Hall–Kier alpha value is -2.69. The molecule has 0 aromatic heterocycles. The van der Waals surface area contributed by atoms with Gasteiger partial charge in [0.2, 0.25) is 0 Å². The number of carboxylic acids is 1. The van der Waals surface area contributed by atoms with E-state index in [0.29, 0.717) is 16.7 Å². The molecular formula is C18H17FO4. The average molecular weight is 316 g/mol. The molecule has 1 N–H and O–H groups in total. The molecule has 0 radical (unpaired) electrons. The van der Waals surface area contributed by atoms with Crippen LogP contribution in [0.25, 0.3) is 0 Å². The van der Waals surface area contributed by atoms with Gasteiger partial charge in [-0.05, 0) is 48.2 Å². The number of carbonyl (C=O) groups is 2. The highest BCUT2D eigenvalue weighted by Gasteiger charge is 2.21. The van der Waals surface area contributed by atoms with Crippen LogP contribution in [0, 0.1) is 12.7 Å². The Morgan fingerprint density at radius 2 is 1.83 bits per heavy atom. The number of halogens is 1. The molecule has 0 saturated heterocycles. The number of carbonyl (C=O) groups excluding carboxylic acids is 1. The van der Waals surface area contributed by atoms with Gasteiger partial charge in [-0.25, -0.2) is 9.18 Å². The summed E-state index contributed by atoms with van der Waals surface area (Å²) in [6.45, 7) is 1.63. The first-order valence-electron chi connectivity index (χ1n) is 7.08. The fraction of sp³-hybridized carbons (Fsp3) is 0.222. The second kappa shape index (κ2) is 7.05. The third-order valence-electron chi connectivity index (χ3n) is 3.71. The molecule has 1 unspecified atom stereocenters. The summed E-state index contributed by atoms with van der Waals surface area (Å²) in [5.74, 6) is -2.75. The number of benzene rings is 2. The molecule has 0 aliphatic rings. The molecule has 0 saturated carbocycles. The molecule has 2 rings (SSSR count). The van der Waals surface area contributed by atoms with Gasteiger partial charge in [-0.15, -0.1) is 0 Å². The second-order valence-electron chi connectivity index (χ2n) is 5.29. The van der Waals surface area contributed by atoms with Gasteiger partial charge in [0.15, 0.2) is 0 Å². The van der Waals surface area contributed by atoms with Gasteiger partial charge in [-0.2, -0.15) is 0 Å². The van der Waals surface area contributed by atoms with Gasteiger partial charge in [-0.1, -0.05) is 24.3 Å². The van der Waals surface area contributed by atoms with Gasteiger partial charge >= 0.3 is 11.9 Å². The summed E-state index contributed by atoms with van der Waals surface area (Å²) in [6, 6.07) is 11.0. The lowest BCUT2D eigenvalue weighted by Gasteiger charge is -2.14. The minimum Gasteiger partial charge on any atom is -0.481 e. The molecule has 0 heterocycles. The van der Waals surface area contributed by atoms with Crippen molar-refractivity contribution in [2.45, 2.75) is 19.3 Å². The summed E-state index contributed by atoms with van der Waals surface area (Å²) in [6.07, 6.45) is 0.208. The molecule has 0 spiro atoms. The number of ether oxygens (including phenoxy) is 1. The van der Waals surface area contributed by atoms with E-state index in [4.69, 9.17) is 0 Å². The average Bonchev–Trinajstić information content (AvgIpc) is 2.55. The third-order valence-corrected chi connectivity index (χ3v) is 3.71. The third kappa shape index (κ3) is 3.94. The lowest BCUT2D eigenvalue weighted by atomic mass is 9.91. The van der Waals surface area contributed by atoms with Crippen molar-refractivity contribution >= 4 is 11.9 Å². The predicted octanol–water partition coefficient (Wildman–Crippen LogP) is 3.33. The van der Waals surface area contributed by atoms with Gasteiger partial charge in [0.05, 0.1) is 18.6 Å². The Bertz CT molecular complexity index is 722. The van der Waals surface area contributed by atoms with Crippen LogP contribution in [0.2, 0.25) is 0 Å². The zero-order valence-corrected chi connectivity index (χ0v) is 12.9. The Balaban J connectivity index is 2.24. The summed E-state index contributed by atoms with van der Waals surface area (Å²) in [5.41, 5.74) is 2.02. The molecule has 0 fully saturated rings. The molecule has 120 valence electrons. The highest BCUT2D eigenvalue weighted by Crippen LogP contribution is 2.23. The Labute approximate surface area is 133 Å². The summed E-state index contributed by atoms with van der Waals surface area (Å²) >= 11 is 0. The minimum absolute atomic E-state index is 0.208. The van der Waals surface area contributed by atoms with Gasteiger partial charge in [-0.3, -0.25) is 4.79 Å². The van der Waals surface area contributed by atoms with Crippen LogP contribution in [-0.4, -0.2) is 24.2 Å². The van der Waals surface area contributed by atoms with Crippen LogP contribution in [0.15, 0.2) is 42.5 Å². The topological polar surface area (TPSA) is 63.6 Å². The molecule has 2 aromatic carbocycles. The first-order valence-corrected chi connectivity index (χ1v) is 7.08. The van der Waals surface area contributed by atoms with Crippen molar-refractivity contribution in [1.29, 1.82) is 0 Å². The predicted molar refractivity (Wildman–Crippen MR) is 83.0 cm³/mol. The number of aliphatic carboxylic acids is 1. The van der Waals surface area contributed by atoms with Crippen molar-refractivity contribution in [1.82, 2.24) is 0 Å². The SMILES string of the molecule is COC(=O)c1ccc(CC(C(=O)O)c2ccc(C)c(F)c2)cc1. The van der Waals surface area contributed by atoms with Gasteiger partial charge in [0, 0.05) is 0 Å². The summed E-state index contributed by atoms with van der Waals surface area (Å²) in [7, 11) is 1.29. The maximum Gasteiger partial charge on any atom is 0.337 e. The normalized spacial score (nSPS) is 11.8. The van der Waals surface area contributed by atoms with E-state index in [1.54, 1.807) is 43.3 Å². The van der Waals surface area contributed by atoms with Crippen molar-refractivity contribution in [2.75, 3.05) is 7.11 Å². The number of hydrogen-bond acceptors (Lipinski definition) is 3. The van der Waals surface area contributed by atoms with E-state index in [1.807, 2.05) is 0 Å². The second-order valence-corrected chi connectivity index (χ2v) is 5.29. The minimum atomic E-state index is -1.02. The lowest BCUT2D eigenvalue weighted by Crippen LogP contribution is -2.15. The highest BCUT2D eigenvalue weighted by atomic mass is 19.1. The smallest absolute Gasteiger partial charge is 0.337 e. The number of carboxylic acid groups (broad SMARTS) is 1. The number of rotatable bonds is 5. The van der Waals surface area contributed by atoms with E-state index in [2.05, 4.69) is 4.74 Å². The molecule has 0 amide bonds. The number of methoxy groups -OCH3 is 1. The molecule has 23 heavy (non-hydrogen) atoms. The van der Waals surface area contributed by atoms with E-state index in [0.717, 1.165) is 5.56 Å². The van der Waals surface area contributed by atoms with E-state index in [9.17, 15) is 19.1 Å². The molecule has 2 aromatic rings. The highest BCUT2D eigenvalue weighted by molar-refractivity contribution is 5.89.